The number of nitrogens with zero attached hydrogens (tertiary/aromatic N) is 4. The van der Waals surface area contributed by atoms with E-state index in [4.69, 9.17) is 43.3 Å². The van der Waals surface area contributed by atoms with Crippen molar-refractivity contribution < 1.29 is 15.0 Å². The third-order valence-corrected chi connectivity index (χ3v) is 5.53. The van der Waals surface area contributed by atoms with Crippen molar-refractivity contribution in [1.29, 1.82) is 0 Å². The molecular formula is C23H22Cl2N4O4. The van der Waals surface area contributed by atoms with Crippen LogP contribution >= 0.6 is 23.2 Å². The normalized spacial score (nSPS) is 11.5. The molecule has 3 aromatic carbocycles. The minimum absolute atomic E-state index is 0.196. The summed E-state index contributed by atoms with van der Waals surface area (Å²) in [4.78, 5) is 12.4. The van der Waals surface area contributed by atoms with E-state index in [1.165, 1.54) is 10.8 Å². The third-order valence-electron chi connectivity index (χ3n) is 4.96. The SMILES string of the molecule is Clc1ccc(C(CCCOc2ccc3ccccc3c2)Cn2cncn2)c(Cl)c1.O=[N+]([O-])O. The molecule has 0 spiro atoms. The van der Waals surface area contributed by atoms with Crippen LogP contribution in [0.25, 0.3) is 10.8 Å². The molecule has 172 valence electrons. The summed E-state index contributed by atoms with van der Waals surface area (Å²) in [6.07, 6.45) is 5.08. The standard InChI is InChI=1S/C23H21Cl2N3O.HNO3/c24-20-8-10-22(23(25)13-20)19(14-28-16-26-15-27-28)6-3-11-29-21-9-7-17-4-1-2-5-18(17)12-21;2-1(3)4/h1-2,4-5,7-10,12-13,15-16,19H,3,6,11,14H2;(H,2,3,4). The van der Waals surface area contributed by atoms with Crippen molar-refractivity contribution in [2.45, 2.75) is 25.3 Å². The maximum Gasteiger partial charge on any atom is 0.291 e. The van der Waals surface area contributed by atoms with Gasteiger partial charge in [-0.15, -0.1) is 10.1 Å². The van der Waals surface area contributed by atoms with Gasteiger partial charge in [-0.3, -0.25) is 4.68 Å². The molecule has 4 aromatic rings. The van der Waals surface area contributed by atoms with Gasteiger partial charge in [-0.25, -0.2) is 4.98 Å². The van der Waals surface area contributed by atoms with Gasteiger partial charge >= 0.3 is 0 Å². The van der Waals surface area contributed by atoms with E-state index in [-0.39, 0.29) is 5.92 Å². The summed E-state index contributed by atoms with van der Waals surface area (Å²) in [7, 11) is 0. The minimum atomic E-state index is -1.50. The van der Waals surface area contributed by atoms with Gasteiger partial charge in [-0.1, -0.05) is 59.6 Å². The Morgan fingerprint density at radius 3 is 2.55 bits per heavy atom. The third kappa shape index (κ3) is 7.62. The van der Waals surface area contributed by atoms with Gasteiger partial charge < -0.3 is 9.94 Å². The van der Waals surface area contributed by atoms with Gasteiger partial charge in [-0.2, -0.15) is 5.10 Å². The van der Waals surface area contributed by atoms with Crippen LogP contribution in [0.2, 0.25) is 10.0 Å². The Hall–Kier alpha value is -3.36. The first-order valence-corrected chi connectivity index (χ1v) is 10.9. The zero-order valence-electron chi connectivity index (χ0n) is 17.6. The number of hydrogen-bond acceptors (Lipinski definition) is 5. The van der Waals surface area contributed by atoms with Crippen molar-refractivity contribution in [3.05, 3.63) is 99.0 Å². The van der Waals surface area contributed by atoms with Gasteiger partial charge in [0, 0.05) is 22.5 Å². The Morgan fingerprint density at radius 1 is 1.09 bits per heavy atom. The van der Waals surface area contributed by atoms with E-state index in [9.17, 15) is 0 Å². The number of benzene rings is 3. The second-order valence-electron chi connectivity index (χ2n) is 7.22. The van der Waals surface area contributed by atoms with E-state index < -0.39 is 5.09 Å². The molecule has 1 aromatic heterocycles. The predicted octanol–water partition coefficient (Wildman–Crippen LogP) is 6.03. The molecule has 4 rings (SSSR count). The van der Waals surface area contributed by atoms with E-state index in [0.717, 1.165) is 24.2 Å². The van der Waals surface area contributed by atoms with Gasteiger partial charge in [0.1, 0.15) is 18.4 Å². The van der Waals surface area contributed by atoms with Gasteiger partial charge in [0.2, 0.25) is 0 Å². The summed E-state index contributed by atoms with van der Waals surface area (Å²) in [5.74, 6) is 1.09. The van der Waals surface area contributed by atoms with Crippen LogP contribution in [-0.2, 0) is 6.54 Å². The lowest BCUT2D eigenvalue weighted by Gasteiger charge is -2.19. The maximum absolute atomic E-state index is 8.36. The smallest absolute Gasteiger partial charge is 0.291 e. The fraction of sp³-hybridized carbons (Fsp3) is 0.217. The average Bonchev–Trinajstić information content (AvgIpc) is 3.29. The first-order valence-electron chi connectivity index (χ1n) is 10.1. The zero-order valence-corrected chi connectivity index (χ0v) is 19.1. The fourth-order valence-corrected chi connectivity index (χ4v) is 4.07. The second-order valence-corrected chi connectivity index (χ2v) is 8.06. The van der Waals surface area contributed by atoms with Crippen molar-refractivity contribution in [2.75, 3.05) is 6.61 Å². The van der Waals surface area contributed by atoms with Crippen LogP contribution < -0.4 is 4.74 Å². The molecule has 0 fully saturated rings. The highest BCUT2D eigenvalue weighted by molar-refractivity contribution is 6.35. The van der Waals surface area contributed by atoms with Crippen molar-refractivity contribution in [2.24, 2.45) is 0 Å². The molecule has 1 heterocycles. The summed E-state index contributed by atoms with van der Waals surface area (Å²) in [6, 6.07) is 20.1. The summed E-state index contributed by atoms with van der Waals surface area (Å²) < 4.78 is 7.83. The fourth-order valence-electron chi connectivity index (χ4n) is 3.51. The molecule has 33 heavy (non-hydrogen) atoms. The number of fused-ring (bicyclic) bond motifs is 1. The second kappa shape index (κ2) is 12.0. The highest BCUT2D eigenvalue weighted by Gasteiger charge is 2.16. The first-order chi connectivity index (χ1) is 15.9. The van der Waals surface area contributed by atoms with Crippen LogP contribution in [0.3, 0.4) is 0 Å². The number of aromatic nitrogens is 3. The molecule has 0 saturated carbocycles. The van der Waals surface area contributed by atoms with Crippen molar-refractivity contribution in [1.82, 2.24) is 14.8 Å². The molecule has 1 atom stereocenters. The van der Waals surface area contributed by atoms with E-state index >= 15 is 0 Å². The topological polar surface area (TPSA) is 103 Å². The van der Waals surface area contributed by atoms with Gasteiger partial charge in [0.15, 0.2) is 0 Å². The molecular weight excluding hydrogens is 467 g/mol. The number of rotatable bonds is 8. The Bertz CT molecular complexity index is 1180. The van der Waals surface area contributed by atoms with Crippen LogP contribution in [0.15, 0.2) is 73.3 Å². The van der Waals surface area contributed by atoms with E-state index in [1.807, 2.05) is 35.0 Å². The largest absolute Gasteiger partial charge is 0.494 e. The van der Waals surface area contributed by atoms with Crippen LogP contribution in [0.5, 0.6) is 5.75 Å². The molecule has 10 heteroatoms. The summed E-state index contributed by atoms with van der Waals surface area (Å²) in [6.45, 7) is 1.34. The molecule has 0 amide bonds. The lowest BCUT2D eigenvalue weighted by Crippen LogP contribution is -2.12. The van der Waals surface area contributed by atoms with Gasteiger partial charge in [0.25, 0.3) is 5.09 Å². The van der Waals surface area contributed by atoms with Crippen LogP contribution in [0, 0.1) is 10.1 Å². The van der Waals surface area contributed by atoms with Gasteiger partial charge in [-0.05, 0) is 53.4 Å². The van der Waals surface area contributed by atoms with E-state index in [1.54, 1.807) is 18.7 Å². The predicted molar refractivity (Wildman–Crippen MR) is 127 cm³/mol. The van der Waals surface area contributed by atoms with Crippen molar-refractivity contribution >= 4 is 34.0 Å². The molecule has 0 saturated heterocycles. The number of halogens is 2. The van der Waals surface area contributed by atoms with Crippen LogP contribution in [-0.4, -0.2) is 31.7 Å². The molecule has 0 aliphatic carbocycles. The Kier molecular flexibility index (Phi) is 8.86. The molecule has 8 nitrogen and oxygen atoms in total. The van der Waals surface area contributed by atoms with E-state index in [2.05, 4.69) is 34.3 Å². The lowest BCUT2D eigenvalue weighted by molar-refractivity contribution is -0.742. The highest BCUT2D eigenvalue weighted by Crippen LogP contribution is 2.31. The van der Waals surface area contributed by atoms with Crippen LogP contribution in [0.1, 0.15) is 24.3 Å². The van der Waals surface area contributed by atoms with Crippen LogP contribution in [0.4, 0.5) is 0 Å². The summed E-state index contributed by atoms with van der Waals surface area (Å²) in [5, 5.41) is 21.6. The first kappa shape index (κ1) is 24.3. The average molecular weight is 489 g/mol. The zero-order chi connectivity index (χ0) is 23.6. The molecule has 0 aliphatic heterocycles. The van der Waals surface area contributed by atoms with E-state index in [0.29, 0.717) is 23.2 Å². The van der Waals surface area contributed by atoms with Gasteiger partial charge in [0.05, 0.1) is 6.61 Å². The lowest BCUT2D eigenvalue weighted by atomic mass is 9.94. The summed E-state index contributed by atoms with van der Waals surface area (Å²) in [5.41, 5.74) is 1.07. The maximum atomic E-state index is 8.36. The Labute approximate surface area is 200 Å². The van der Waals surface area contributed by atoms with Crippen molar-refractivity contribution in [3.63, 3.8) is 0 Å². The Balaban J connectivity index is 0.000000709. The number of ether oxygens (including phenoxy) is 1. The van der Waals surface area contributed by atoms with Crippen molar-refractivity contribution in [3.8, 4) is 5.75 Å². The molecule has 1 N–H and O–H groups in total. The molecule has 0 radical (unpaired) electrons. The number of hydrogen-bond donors (Lipinski definition) is 1. The monoisotopic (exact) mass is 488 g/mol. The minimum Gasteiger partial charge on any atom is -0.494 e. The quantitative estimate of drug-likeness (QED) is 0.184. The highest BCUT2D eigenvalue weighted by atomic mass is 35.5. The Morgan fingerprint density at radius 2 is 1.85 bits per heavy atom. The molecule has 1 unspecified atom stereocenters. The molecule has 0 aliphatic rings. The summed E-state index contributed by atoms with van der Waals surface area (Å²) >= 11 is 12.5. The molecule has 0 bridgehead atoms.